The molecule has 0 aromatic rings. The maximum atomic E-state index is 10.2. The second-order valence-corrected chi connectivity index (χ2v) is 1.93. The van der Waals surface area contributed by atoms with E-state index >= 15 is 0 Å². The average Bonchev–Trinajstić information content (AvgIpc) is 2.09. The molecule has 0 atom stereocenters. The van der Waals surface area contributed by atoms with Crippen LogP contribution in [0.4, 0.5) is 19.2 Å². The van der Waals surface area contributed by atoms with Gasteiger partial charge in [-0.2, -0.15) is 0 Å². The summed E-state index contributed by atoms with van der Waals surface area (Å²) in [6.07, 6.45) is -8.31. The predicted molar refractivity (Wildman–Crippen MR) is 40.6 cm³/mol. The van der Waals surface area contributed by atoms with Crippen molar-refractivity contribution in [1.82, 2.24) is 10.0 Å². The van der Waals surface area contributed by atoms with Crippen LogP contribution in [0, 0.1) is 0 Å². The molecule has 4 amide bonds. The molecule has 12 nitrogen and oxygen atoms in total. The van der Waals surface area contributed by atoms with Crippen LogP contribution in [-0.4, -0.2) is 54.8 Å². The monoisotopic (exact) mass is 236 g/mol. The van der Waals surface area contributed by atoms with Gasteiger partial charge in [0.05, 0.1) is 0 Å². The van der Waals surface area contributed by atoms with Gasteiger partial charge in [0.2, 0.25) is 0 Å². The molecule has 88 valence electrons. The number of amides is 4. The molecule has 4 N–H and O–H groups in total. The molecule has 0 aliphatic heterocycles. The van der Waals surface area contributed by atoms with Gasteiger partial charge >= 0.3 is 24.4 Å². The maximum absolute atomic E-state index is 10.2. The second-order valence-electron chi connectivity index (χ2n) is 1.93. The number of carboxylic acid groups (broad SMARTS) is 4. The lowest BCUT2D eigenvalue weighted by Crippen LogP contribution is -2.32. The highest BCUT2D eigenvalue weighted by Gasteiger charge is 2.23. The number of hydrogen-bond acceptors (Lipinski definition) is 6. The Balaban J connectivity index is 4.90. The third-order valence-corrected chi connectivity index (χ3v) is 0.944. The van der Waals surface area contributed by atoms with Gasteiger partial charge in [-0.3, -0.25) is 0 Å². The van der Waals surface area contributed by atoms with Gasteiger partial charge in [-0.15, -0.1) is 0 Å². The Morgan fingerprint density at radius 2 is 0.812 bits per heavy atom. The zero-order chi connectivity index (χ0) is 12.9. The molecule has 0 rings (SSSR count). The molecule has 0 saturated carbocycles. The van der Waals surface area contributed by atoms with Gasteiger partial charge in [0.15, 0.2) is 0 Å². The normalized spacial score (nSPS) is 9.75. The van der Waals surface area contributed by atoms with Crippen molar-refractivity contribution in [2.24, 2.45) is 10.4 Å². The van der Waals surface area contributed by atoms with Crippen molar-refractivity contribution in [3.05, 3.63) is 0 Å². The molecular weight excluding hydrogens is 232 g/mol. The topological polar surface area (TPSA) is 180 Å². The standard InChI is InChI=1S/C4H4N4O8/c9-1(10)7(2(11)12)5-6-8(3(13)14)4(15)16/h(H,9,10)(H,11,12)(H,13,14)(H,15,16)/b6-5+. The van der Waals surface area contributed by atoms with E-state index in [1.54, 1.807) is 0 Å². The highest BCUT2D eigenvalue weighted by Crippen LogP contribution is 1.98. The SMILES string of the molecule is O=C(O)N(/N=N/N(C(=O)O)C(=O)O)C(=O)O. The first kappa shape index (κ1) is 13.1. The molecule has 16 heavy (non-hydrogen) atoms. The number of rotatable bonds is 2. The summed E-state index contributed by atoms with van der Waals surface area (Å²) in [7, 11) is 0. The first-order chi connectivity index (χ1) is 7.27. The van der Waals surface area contributed by atoms with E-state index in [0.717, 1.165) is 0 Å². The summed E-state index contributed by atoms with van der Waals surface area (Å²) in [5, 5.41) is 36.3. The summed E-state index contributed by atoms with van der Waals surface area (Å²) in [6.45, 7) is 0. The Hall–Kier alpha value is -2.92. The van der Waals surface area contributed by atoms with Crippen LogP contribution in [0.3, 0.4) is 0 Å². The fourth-order valence-corrected chi connectivity index (χ4v) is 0.397. The number of hydrogen-bond donors (Lipinski definition) is 4. The minimum absolute atomic E-state index is 0.668. The van der Waals surface area contributed by atoms with Crippen LogP contribution in [0.2, 0.25) is 0 Å². The van der Waals surface area contributed by atoms with E-state index in [-0.39, 0.29) is 0 Å². The van der Waals surface area contributed by atoms with Crippen LogP contribution in [0.25, 0.3) is 0 Å². The van der Waals surface area contributed by atoms with Gasteiger partial charge in [0.1, 0.15) is 0 Å². The molecule has 0 unspecified atom stereocenters. The Morgan fingerprint density at radius 1 is 0.625 bits per heavy atom. The molecule has 0 spiro atoms. The molecule has 0 saturated heterocycles. The average molecular weight is 236 g/mol. The maximum Gasteiger partial charge on any atom is 0.439 e. The van der Waals surface area contributed by atoms with Crippen molar-refractivity contribution >= 4 is 24.4 Å². The van der Waals surface area contributed by atoms with E-state index in [0.29, 0.717) is 0 Å². The minimum Gasteiger partial charge on any atom is -0.463 e. The number of nitrogens with zero attached hydrogens (tertiary/aromatic N) is 4. The van der Waals surface area contributed by atoms with Gasteiger partial charge in [0.25, 0.3) is 0 Å². The lowest BCUT2D eigenvalue weighted by molar-refractivity contribution is 0.101. The van der Waals surface area contributed by atoms with Gasteiger partial charge in [-0.1, -0.05) is 10.0 Å². The summed E-state index contributed by atoms with van der Waals surface area (Å²) in [4.78, 5) is 40.7. The van der Waals surface area contributed by atoms with Gasteiger partial charge in [-0.25, -0.2) is 19.2 Å². The van der Waals surface area contributed by atoms with E-state index in [2.05, 4.69) is 10.4 Å². The summed E-state index contributed by atoms with van der Waals surface area (Å²) in [5.74, 6) is 0. The molecule has 0 aromatic carbocycles. The molecule has 0 aliphatic carbocycles. The Bertz CT molecular complexity index is 301. The molecule has 0 aromatic heterocycles. The second kappa shape index (κ2) is 5.08. The summed E-state index contributed by atoms with van der Waals surface area (Å²) < 4.78 is 0. The quantitative estimate of drug-likeness (QED) is 0.396. The number of carbonyl (C=O) groups is 4. The summed E-state index contributed by atoms with van der Waals surface area (Å²) in [5.41, 5.74) is 0. The van der Waals surface area contributed by atoms with Gasteiger partial charge in [0, 0.05) is 0 Å². The molecule has 0 fully saturated rings. The van der Waals surface area contributed by atoms with Crippen molar-refractivity contribution < 1.29 is 39.6 Å². The zero-order valence-corrected chi connectivity index (χ0v) is 7.21. The Labute approximate surface area is 85.6 Å². The molecule has 0 radical (unpaired) electrons. The van der Waals surface area contributed by atoms with Crippen molar-refractivity contribution in [2.75, 3.05) is 0 Å². The van der Waals surface area contributed by atoms with Crippen molar-refractivity contribution in [3.63, 3.8) is 0 Å². The minimum atomic E-state index is -2.08. The smallest absolute Gasteiger partial charge is 0.439 e. The fraction of sp³-hybridized carbons (Fsp3) is 0. The number of imide groups is 2. The zero-order valence-electron chi connectivity index (χ0n) is 7.21. The highest BCUT2D eigenvalue weighted by atomic mass is 16.5. The van der Waals surface area contributed by atoms with Crippen LogP contribution < -0.4 is 0 Å². The lowest BCUT2D eigenvalue weighted by atomic mass is 11.0. The van der Waals surface area contributed by atoms with Crippen LogP contribution in [0.1, 0.15) is 0 Å². The Kier molecular flexibility index (Phi) is 4.16. The van der Waals surface area contributed by atoms with Crippen molar-refractivity contribution in [3.8, 4) is 0 Å². The summed E-state index contributed by atoms with van der Waals surface area (Å²) >= 11 is 0. The van der Waals surface area contributed by atoms with Crippen LogP contribution in [-0.2, 0) is 0 Å². The molecule has 0 heterocycles. The van der Waals surface area contributed by atoms with E-state index in [9.17, 15) is 19.2 Å². The lowest BCUT2D eigenvalue weighted by Gasteiger charge is -2.07. The van der Waals surface area contributed by atoms with E-state index in [1.807, 2.05) is 0 Å². The molecular formula is C4H4N4O8. The van der Waals surface area contributed by atoms with E-state index in [4.69, 9.17) is 20.4 Å². The Morgan fingerprint density at radius 3 is 0.938 bits per heavy atom. The van der Waals surface area contributed by atoms with Gasteiger partial charge < -0.3 is 20.4 Å². The molecule has 0 bridgehead atoms. The van der Waals surface area contributed by atoms with E-state index in [1.165, 1.54) is 0 Å². The van der Waals surface area contributed by atoms with Crippen LogP contribution >= 0.6 is 0 Å². The summed E-state index contributed by atoms with van der Waals surface area (Å²) in [6, 6.07) is 0. The van der Waals surface area contributed by atoms with Crippen molar-refractivity contribution in [2.45, 2.75) is 0 Å². The fourth-order valence-electron chi connectivity index (χ4n) is 0.397. The highest BCUT2D eigenvalue weighted by molar-refractivity contribution is 5.85. The molecule has 0 aliphatic rings. The molecule has 12 heteroatoms. The van der Waals surface area contributed by atoms with Crippen molar-refractivity contribution in [1.29, 1.82) is 0 Å². The first-order valence-corrected chi connectivity index (χ1v) is 3.21. The third-order valence-electron chi connectivity index (χ3n) is 0.944. The largest absolute Gasteiger partial charge is 0.463 e. The third kappa shape index (κ3) is 3.44. The van der Waals surface area contributed by atoms with Crippen LogP contribution in [0.15, 0.2) is 10.4 Å². The predicted octanol–water partition coefficient (Wildman–Crippen LogP) is 0.585. The van der Waals surface area contributed by atoms with Gasteiger partial charge in [-0.05, 0) is 10.4 Å². The van der Waals surface area contributed by atoms with E-state index < -0.39 is 34.4 Å². The van der Waals surface area contributed by atoms with Crippen LogP contribution in [0.5, 0.6) is 0 Å². The first-order valence-electron chi connectivity index (χ1n) is 3.21.